The van der Waals surface area contributed by atoms with Gasteiger partial charge in [0.1, 0.15) is 5.82 Å². The van der Waals surface area contributed by atoms with Crippen molar-refractivity contribution in [3.63, 3.8) is 0 Å². The molecule has 1 saturated heterocycles. The first-order valence-electron chi connectivity index (χ1n) is 9.87. The molecule has 10 nitrogen and oxygen atoms in total. The van der Waals surface area contributed by atoms with E-state index in [2.05, 4.69) is 24.9 Å². The molecule has 0 bridgehead atoms. The lowest BCUT2D eigenvalue weighted by molar-refractivity contribution is 0.122. The number of nitrogens with zero attached hydrogens (tertiary/aromatic N) is 7. The van der Waals surface area contributed by atoms with E-state index in [1.54, 1.807) is 30.3 Å². The number of imidazole rings is 1. The number of hydrogen-bond acceptors (Lipinski definition) is 9. The third-order valence-electron chi connectivity index (χ3n) is 5.07. The van der Waals surface area contributed by atoms with Crippen molar-refractivity contribution in [2.75, 3.05) is 42.7 Å². The number of morpholine rings is 1. The number of fused-ring (bicyclic) bond motifs is 1. The van der Waals surface area contributed by atoms with E-state index in [4.69, 9.17) is 16.2 Å². The molecule has 1 aliphatic heterocycles. The molecular formula is C20H19F2N9O. The fourth-order valence-electron chi connectivity index (χ4n) is 3.55. The van der Waals surface area contributed by atoms with Crippen LogP contribution in [-0.4, -0.2) is 55.8 Å². The van der Waals surface area contributed by atoms with Crippen molar-refractivity contribution in [1.29, 1.82) is 0 Å². The maximum absolute atomic E-state index is 13.9. The number of halogens is 2. The Morgan fingerprint density at radius 3 is 2.50 bits per heavy atom. The molecule has 0 atom stereocenters. The summed E-state index contributed by atoms with van der Waals surface area (Å²) in [6.45, 7) is 2.07. The zero-order valence-electron chi connectivity index (χ0n) is 16.8. The largest absolute Gasteiger partial charge is 0.397 e. The van der Waals surface area contributed by atoms with E-state index in [1.807, 2.05) is 4.90 Å². The van der Waals surface area contributed by atoms with Gasteiger partial charge in [-0.2, -0.15) is 15.0 Å². The summed E-state index contributed by atoms with van der Waals surface area (Å²) in [7, 11) is 0. The normalized spacial score (nSPS) is 14.4. The number of rotatable bonds is 4. The zero-order chi connectivity index (χ0) is 22.2. The van der Waals surface area contributed by atoms with Crippen LogP contribution in [0.1, 0.15) is 12.2 Å². The Bertz CT molecular complexity index is 1290. The number of benzene rings is 1. The lowest BCUT2D eigenvalue weighted by Gasteiger charge is -2.27. The van der Waals surface area contributed by atoms with E-state index < -0.39 is 12.2 Å². The highest BCUT2D eigenvalue weighted by Crippen LogP contribution is 2.30. The van der Waals surface area contributed by atoms with Crippen LogP contribution in [0.25, 0.3) is 28.4 Å². The molecule has 1 fully saturated rings. The maximum Gasteiger partial charge on any atom is 0.296 e. The van der Waals surface area contributed by atoms with E-state index >= 15 is 0 Å². The number of hydrogen-bond donors (Lipinski definition) is 2. The standard InChI is InChI=1S/C20H19F2N9O/c21-15(22)18-26-13-3-1-2-4-14(13)31(18)20-28-17(12-9-11(23)10-25-16(12)24)27-19(29-20)30-5-7-32-8-6-30/h1-4,9-10,15H,5-8,23H2,(H2,24,25). The van der Waals surface area contributed by atoms with Crippen molar-refractivity contribution < 1.29 is 13.5 Å². The number of pyridine rings is 1. The summed E-state index contributed by atoms with van der Waals surface area (Å²) >= 11 is 0. The van der Waals surface area contributed by atoms with Gasteiger partial charge in [-0.15, -0.1) is 0 Å². The van der Waals surface area contributed by atoms with Crippen molar-refractivity contribution >= 4 is 28.5 Å². The summed E-state index contributed by atoms with van der Waals surface area (Å²) in [5, 5.41) is 0. The lowest BCUT2D eigenvalue weighted by Crippen LogP contribution is -2.37. The molecule has 5 rings (SSSR count). The molecule has 4 aromatic rings. The van der Waals surface area contributed by atoms with Crippen LogP contribution in [0.2, 0.25) is 0 Å². The van der Waals surface area contributed by atoms with E-state index in [9.17, 15) is 8.78 Å². The number of alkyl halides is 2. The predicted molar refractivity (Wildman–Crippen MR) is 114 cm³/mol. The van der Waals surface area contributed by atoms with Crippen LogP contribution in [0.15, 0.2) is 36.5 Å². The topological polar surface area (TPSA) is 134 Å². The van der Waals surface area contributed by atoms with Gasteiger partial charge in [0.05, 0.1) is 41.7 Å². The SMILES string of the molecule is Nc1cnc(N)c(-c2nc(N3CCOCC3)nc(-n3c(C(F)F)nc4ccccc43)n2)c1. The van der Waals surface area contributed by atoms with Crippen molar-refractivity contribution in [2.24, 2.45) is 0 Å². The molecule has 4 N–H and O–H groups in total. The Morgan fingerprint density at radius 1 is 0.969 bits per heavy atom. The van der Waals surface area contributed by atoms with Gasteiger partial charge in [-0.05, 0) is 18.2 Å². The second-order valence-electron chi connectivity index (χ2n) is 7.15. The highest BCUT2D eigenvalue weighted by molar-refractivity contribution is 5.78. The Morgan fingerprint density at radius 2 is 1.72 bits per heavy atom. The van der Waals surface area contributed by atoms with Crippen molar-refractivity contribution in [1.82, 2.24) is 29.5 Å². The molecule has 32 heavy (non-hydrogen) atoms. The molecule has 4 heterocycles. The maximum atomic E-state index is 13.9. The van der Waals surface area contributed by atoms with E-state index in [-0.39, 0.29) is 17.6 Å². The highest BCUT2D eigenvalue weighted by Gasteiger charge is 2.25. The van der Waals surface area contributed by atoms with Crippen LogP contribution in [-0.2, 0) is 4.74 Å². The number of aromatic nitrogens is 6. The molecule has 164 valence electrons. The molecule has 3 aromatic heterocycles. The highest BCUT2D eigenvalue weighted by atomic mass is 19.3. The van der Waals surface area contributed by atoms with Gasteiger partial charge in [-0.1, -0.05) is 12.1 Å². The number of nitrogen functional groups attached to an aromatic ring is 2. The Hall–Kier alpha value is -3.93. The number of para-hydroxylation sites is 2. The summed E-state index contributed by atoms with van der Waals surface area (Å²) in [5.41, 5.74) is 13.5. The van der Waals surface area contributed by atoms with E-state index in [0.29, 0.717) is 54.5 Å². The van der Waals surface area contributed by atoms with Crippen LogP contribution >= 0.6 is 0 Å². The number of ether oxygens (including phenoxy) is 1. The minimum absolute atomic E-state index is 0.00214. The van der Waals surface area contributed by atoms with Crippen LogP contribution in [0.4, 0.5) is 26.2 Å². The zero-order valence-corrected chi connectivity index (χ0v) is 16.8. The van der Waals surface area contributed by atoms with Gasteiger partial charge >= 0.3 is 0 Å². The van der Waals surface area contributed by atoms with Gasteiger partial charge in [0.25, 0.3) is 6.43 Å². The summed E-state index contributed by atoms with van der Waals surface area (Å²) < 4.78 is 34.5. The molecule has 0 amide bonds. The van der Waals surface area contributed by atoms with E-state index in [1.165, 1.54) is 10.8 Å². The monoisotopic (exact) mass is 439 g/mol. The molecule has 0 spiro atoms. The number of nitrogens with two attached hydrogens (primary N) is 2. The molecule has 0 radical (unpaired) electrons. The van der Waals surface area contributed by atoms with Crippen LogP contribution < -0.4 is 16.4 Å². The van der Waals surface area contributed by atoms with Crippen LogP contribution in [0, 0.1) is 0 Å². The fraction of sp³-hybridized carbons (Fsp3) is 0.250. The van der Waals surface area contributed by atoms with Crippen molar-refractivity contribution in [3.8, 4) is 17.3 Å². The lowest BCUT2D eigenvalue weighted by atomic mass is 10.2. The van der Waals surface area contributed by atoms with Gasteiger partial charge in [0.15, 0.2) is 11.6 Å². The smallest absolute Gasteiger partial charge is 0.296 e. The molecule has 1 aromatic carbocycles. The Balaban J connectivity index is 1.77. The quantitative estimate of drug-likeness (QED) is 0.491. The first-order chi connectivity index (χ1) is 15.5. The Kier molecular flexibility index (Phi) is 4.98. The van der Waals surface area contributed by atoms with E-state index in [0.717, 1.165) is 0 Å². The second kappa shape index (κ2) is 7.96. The summed E-state index contributed by atoms with van der Waals surface area (Å²) in [6, 6.07) is 8.39. The molecule has 0 saturated carbocycles. The van der Waals surface area contributed by atoms with Crippen LogP contribution in [0.3, 0.4) is 0 Å². The van der Waals surface area contributed by atoms with Crippen LogP contribution in [0.5, 0.6) is 0 Å². The third kappa shape index (κ3) is 3.54. The first-order valence-corrected chi connectivity index (χ1v) is 9.87. The van der Waals surface area contributed by atoms with Gasteiger partial charge in [-0.25, -0.2) is 18.7 Å². The molecule has 12 heteroatoms. The third-order valence-corrected chi connectivity index (χ3v) is 5.07. The minimum Gasteiger partial charge on any atom is -0.397 e. The average Bonchev–Trinajstić information content (AvgIpc) is 3.21. The second-order valence-corrected chi connectivity index (χ2v) is 7.15. The van der Waals surface area contributed by atoms with Gasteiger partial charge in [0, 0.05) is 13.1 Å². The summed E-state index contributed by atoms with van der Waals surface area (Å²) in [4.78, 5) is 23.6. The first kappa shape index (κ1) is 20.0. The molecule has 0 aliphatic carbocycles. The predicted octanol–water partition coefficient (Wildman–Crippen LogP) is 2.21. The molecule has 0 unspecified atom stereocenters. The minimum atomic E-state index is -2.84. The summed E-state index contributed by atoms with van der Waals surface area (Å²) in [5.74, 6) is 0.186. The average molecular weight is 439 g/mol. The van der Waals surface area contributed by atoms with Crippen molar-refractivity contribution in [2.45, 2.75) is 6.43 Å². The van der Waals surface area contributed by atoms with Gasteiger partial charge in [0.2, 0.25) is 11.9 Å². The van der Waals surface area contributed by atoms with Gasteiger partial charge < -0.3 is 21.1 Å². The molecular weight excluding hydrogens is 420 g/mol. The fourth-order valence-corrected chi connectivity index (χ4v) is 3.55. The Labute approximate surface area is 180 Å². The van der Waals surface area contributed by atoms with Crippen molar-refractivity contribution in [3.05, 3.63) is 42.4 Å². The molecule has 1 aliphatic rings. The van der Waals surface area contributed by atoms with Gasteiger partial charge in [-0.3, -0.25) is 4.57 Å². The number of anilines is 3. The summed E-state index contributed by atoms with van der Waals surface area (Å²) in [6.07, 6.45) is -1.42.